The summed E-state index contributed by atoms with van der Waals surface area (Å²) >= 11 is 0. The van der Waals surface area contributed by atoms with Gasteiger partial charge in [-0.25, -0.2) is 0 Å². The zero-order chi connectivity index (χ0) is 15.9. The lowest BCUT2D eigenvalue weighted by atomic mass is 9.84. The number of carbonyl (C=O) groups is 1. The molecule has 1 aromatic carbocycles. The van der Waals surface area contributed by atoms with Gasteiger partial charge in [-0.1, -0.05) is 24.3 Å². The summed E-state index contributed by atoms with van der Waals surface area (Å²) in [4.78, 5) is 16.1. The van der Waals surface area contributed by atoms with Gasteiger partial charge < -0.3 is 10.8 Å². The molecule has 0 amide bonds. The summed E-state index contributed by atoms with van der Waals surface area (Å²) in [5.74, 6) is -0.703. The number of rotatable bonds is 3. The first-order valence-corrected chi connectivity index (χ1v) is 8.05. The van der Waals surface area contributed by atoms with E-state index in [1.807, 2.05) is 12.1 Å². The summed E-state index contributed by atoms with van der Waals surface area (Å²) in [5, 5.41) is 9.54. The Hall–Kier alpha value is -1.43. The number of aliphatic carboxylic acids is 1. The molecule has 120 valence electrons. The third kappa shape index (κ3) is 2.33. The lowest BCUT2D eigenvalue weighted by Crippen LogP contribution is -2.52. The van der Waals surface area contributed by atoms with E-state index in [9.17, 15) is 9.90 Å². The second-order valence-electron chi connectivity index (χ2n) is 6.47. The predicted octanol–water partition coefficient (Wildman–Crippen LogP) is 1.61. The van der Waals surface area contributed by atoms with Crippen LogP contribution in [0.4, 0.5) is 0 Å². The van der Waals surface area contributed by atoms with Crippen molar-refractivity contribution in [1.82, 2.24) is 9.80 Å². The first-order chi connectivity index (χ1) is 10.6. The first kappa shape index (κ1) is 15.5. The molecule has 22 heavy (non-hydrogen) atoms. The Kier molecular flexibility index (Phi) is 4.21. The summed E-state index contributed by atoms with van der Waals surface area (Å²) in [7, 11) is 2.09. The van der Waals surface area contributed by atoms with Crippen molar-refractivity contribution in [3.8, 4) is 0 Å². The van der Waals surface area contributed by atoms with Crippen molar-refractivity contribution in [2.75, 3.05) is 20.1 Å². The van der Waals surface area contributed by atoms with E-state index in [-0.39, 0.29) is 24.2 Å². The van der Waals surface area contributed by atoms with Crippen LogP contribution < -0.4 is 5.73 Å². The number of hydrogen-bond donors (Lipinski definition) is 2. The molecular weight excluding hydrogens is 278 g/mol. The third-order valence-corrected chi connectivity index (χ3v) is 5.42. The highest BCUT2D eigenvalue weighted by molar-refractivity contribution is 5.74. The highest BCUT2D eigenvalue weighted by Gasteiger charge is 2.44. The second kappa shape index (κ2) is 5.99. The van der Waals surface area contributed by atoms with Crippen LogP contribution >= 0.6 is 0 Å². The van der Waals surface area contributed by atoms with Gasteiger partial charge in [-0.2, -0.15) is 0 Å². The van der Waals surface area contributed by atoms with E-state index in [2.05, 4.69) is 35.9 Å². The van der Waals surface area contributed by atoms with Crippen LogP contribution in [0.1, 0.15) is 43.0 Å². The maximum Gasteiger partial charge on any atom is 0.320 e. The number of likely N-dealkylation sites (tertiary alicyclic amines) is 1. The van der Waals surface area contributed by atoms with E-state index >= 15 is 0 Å². The Morgan fingerprint density at radius 1 is 1.36 bits per heavy atom. The van der Waals surface area contributed by atoms with Crippen molar-refractivity contribution in [2.45, 2.75) is 43.9 Å². The Morgan fingerprint density at radius 3 is 2.68 bits per heavy atom. The molecule has 0 saturated carbocycles. The lowest BCUT2D eigenvalue weighted by molar-refractivity contribution is -0.143. The predicted molar refractivity (Wildman–Crippen MR) is 85.6 cm³/mol. The van der Waals surface area contributed by atoms with Gasteiger partial charge in [0, 0.05) is 18.6 Å². The van der Waals surface area contributed by atoms with Crippen molar-refractivity contribution in [3.63, 3.8) is 0 Å². The van der Waals surface area contributed by atoms with Gasteiger partial charge in [-0.15, -0.1) is 0 Å². The van der Waals surface area contributed by atoms with Crippen LogP contribution in [-0.4, -0.2) is 53.1 Å². The van der Waals surface area contributed by atoms with E-state index < -0.39 is 5.97 Å². The summed E-state index contributed by atoms with van der Waals surface area (Å²) in [6.07, 6.45) is 1.69. The molecule has 0 bridgehead atoms. The fourth-order valence-electron chi connectivity index (χ4n) is 4.21. The summed E-state index contributed by atoms with van der Waals surface area (Å²) in [5.41, 5.74) is 8.48. The van der Waals surface area contributed by atoms with Crippen LogP contribution in [0, 0.1) is 0 Å². The Balaban J connectivity index is 2.05. The molecule has 4 atom stereocenters. The fraction of sp³-hybridized carbons (Fsp3) is 0.588. The maximum absolute atomic E-state index is 11.6. The molecule has 1 fully saturated rings. The molecule has 1 saturated heterocycles. The van der Waals surface area contributed by atoms with E-state index in [0.717, 1.165) is 19.4 Å². The van der Waals surface area contributed by atoms with E-state index in [4.69, 9.17) is 5.73 Å². The zero-order valence-corrected chi connectivity index (χ0v) is 13.3. The largest absolute Gasteiger partial charge is 0.480 e. The smallest absolute Gasteiger partial charge is 0.320 e. The maximum atomic E-state index is 11.6. The Bertz CT molecular complexity index is 563. The van der Waals surface area contributed by atoms with Gasteiger partial charge in [0.05, 0.1) is 6.04 Å². The molecule has 2 aliphatic rings. The summed E-state index contributed by atoms with van der Waals surface area (Å²) in [6, 6.07) is 8.55. The molecule has 0 aliphatic carbocycles. The van der Waals surface area contributed by atoms with Gasteiger partial charge in [0.1, 0.15) is 6.04 Å². The minimum Gasteiger partial charge on any atom is -0.480 e. The lowest BCUT2D eigenvalue weighted by Gasteiger charge is -2.48. The summed E-state index contributed by atoms with van der Waals surface area (Å²) < 4.78 is 0. The highest BCUT2D eigenvalue weighted by Crippen LogP contribution is 2.42. The normalized spacial score (nSPS) is 32.9. The van der Waals surface area contributed by atoms with Gasteiger partial charge in [0.15, 0.2) is 0 Å². The first-order valence-electron chi connectivity index (χ1n) is 8.05. The molecule has 4 unspecified atom stereocenters. The fourth-order valence-corrected chi connectivity index (χ4v) is 4.21. The van der Waals surface area contributed by atoms with Gasteiger partial charge >= 0.3 is 5.97 Å². The van der Waals surface area contributed by atoms with Crippen LogP contribution in [-0.2, 0) is 4.79 Å². The minimum atomic E-state index is -0.703. The van der Waals surface area contributed by atoms with Crippen LogP contribution in [0.3, 0.4) is 0 Å². The van der Waals surface area contributed by atoms with Crippen molar-refractivity contribution in [3.05, 3.63) is 35.4 Å². The molecule has 5 nitrogen and oxygen atoms in total. The van der Waals surface area contributed by atoms with Gasteiger partial charge in [-0.3, -0.25) is 14.6 Å². The number of hydrogen-bond acceptors (Lipinski definition) is 4. The van der Waals surface area contributed by atoms with Crippen molar-refractivity contribution in [1.29, 1.82) is 0 Å². The molecule has 2 aliphatic heterocycles. The number of carboxylic acids is 1. The molecule has 2 heterocycles. The average Bonchev–Trinajstić information content (AvgIpc) is 2.98. The molecule has 0 spiro atoms. The summed E-state index contributed by atoms with van der Waals surface area (Å²) in [6.45, 7) is 3.61. The minimum absolute atomic E-state index is 0.118. The number of carboxylic acid groups (broad SMARTS) is 1. The second-order valence-corrected chi connectivity index (χ2v) is 6.47. The molecule has 1 aromatic rings. The van der Waals surface area contributed by atoms with E-state index in [1.54, 1.807) is 0 Å². The third-order valence-electron chi connectivity index (χ3n) is 5.42. The quantitative estimate of drug-likeness (QED) is 0.888. The number of fused-ring (bicyclic) bond motifs is 1. The Labute approximate surface area is 131 Å². The van der Waals surface area contributed by atoms with Gasteiger partial charge in [0.2, 0.25) is 0 Å². The van der Waals surface area contributed by atoms with Crippen LogP contribution in [0.5, 0.6) is 0 Å². The van der Waals surface area contributed by atoms with Crippen LogP contribution in [0.2, 0.25) is 0 Å². The average molecular weight is 303 g/mol. The number of likely N-dealkylation sites (N-methyl/N-ethyl adjacent to an activating group) is 1. The standard InChI is InChI=1S/C17H25N3O2/c1-11-16(20-9-5-8-14(20)17(21)22)13-7-4-3-6-12(13)15(10-18)19(11)2/h3-4,6-7,11,14-16H,5,8-10,18H2,1-2H3,(H,21,22). The van der Waals surface area contributed by atoms with Crippen molar-refractivity contribution in [2.24, 2.45) is 5.73 Å². The molecule has 3 rings (SSSR count). The number of nitrogens with two attached hydrogens (primary N) is 1. The molecular formula is C17H25N3O2. The monoisotopic (exact) mass is 303 g/mol. The molecule has 0 radical (unpaired) electrons. The molecule has 5 heteroatoms. The van der Waals surface area contributed by atoms with Crippen molar-refractivity contribution < 1.29 is 9.90 Å². The van der Waals surface area contributed by atoms with Gasteiger partial charge in [-0.05, 0) is 44.5 Å². The number of nitrogens with zero attached hydrogens (tertiary/aromatic N) is 2. The molecule has 3 N–H and O–H groups in total. The highest BCUT2D eigenvalue weighted by atomic mass is 16.4. The van der Waals surface area contributed by atoms with Crippen LogP contribution in [0.15, 0.2) is 24.3 Å². The molecule has 0 aromatic heterocycles. The van der Waals surface area contributed by atoms with Crippen LogP contribution in [0.25, 0.3) is 0 Å². The SMILES string of the molecule is CC1C(N2CCCC2C(=O)O)c2ccccc2C(CN)N1C. The van der Waals surface area contributed by atoms with E-state index in [1.165, 1.54) is 11.1 Å². The zero-order valence-electron chi connectivity index (χ0n) is 13.3. The van der Waals surface area contributed by atoms with E-state index in [0.29, 0.717) is 6.54 Å². The topological polar surface area (TPSA) is 69.8 Å². The van der Waals surface area contributed by atoms with Crippen molar-refractivity contribution >= 4 is 5.97 Å². The van der Waals surface area contributed by atoms with Gasteiger partial charge in [0.25, 0.3) is 0 Å². The Morgan fingerprint density at radius 2 is 2.05 bits per heavy atom. The number of benzene rings is 1.